The minimum Gasteiger partial charge on any atom is -0.758 e. The maximum atomic E-state index is 11.0. The van der Waals surface area contributed by atoms with Crippen LogP contribution in [0.15, 0.2) is 35.7 Å². The second kappa shape index (κ2) is 6.66. The van der Waals surface area contributed by atoms with Crippen LogP contribution in [0.4, 0.5) is 5.69 Å². The summed E-state index contributed by atoms with van der Waals surface area (Å²) in [5, 5.41) is 46.1. The lowest BCUT2D eigenvalue weighted by Crippen LogP contribution is -2.20. The maximum Gasteiger partial charge on any atom is 0.331 e. The Morgan fingerprint density at radius 2 is 1.41 bits per heavy atom. The Morgan fingerprint density at radius 1 is 1.00 bits per heavy atom. The standard InChI is InChI=1S/C11H7N5O6/c12-5-9(15(19)20)11(10(6-13)16(21)22)7-1-3-8(4-2-7)14(17)18/h1-4,11H,(H,19,20)(H,21,22). The molecule has 0 atom stereocenters. The topological polar surface area (TPSA) is 168 Å². The van der Waals surface area contributed by atoms with E-state index >= 15 is 0 Å². The van der Waals surface area contributed by atoms with Gasteiger partial charge >= 0.3 is 11.4 Å². The van der Waals surface area contributed by atoms with Gasteiger partial charge in [-0.3, -0.25) is 10.1 Å². The number of hydrogen-bond acceptors (Lipinski definition) is 4. The Morgan fingerprint density at radius 3 is 1.68 bits per heavy atom. The van der Waals surface area contributed by atoms with Gasteiger partial charge in [-0.1, -0.05) is 12.1 Å². The molecule has 22 heavy (non-hydrogen) atoms. The van der Waals surface area contributed by atoms with Crippen molar-refractivity contribution < 1.29 is 25.2 Å². The molecule has 0 heterocycles. The fourth-order valence-electron chi connectivity index (χ4n) is 1.67. The van der Waals surface area contributed by atoms with Crippen LogP contribution in [0, 0.1) is 19.9 Å². The first kappa shape index (κ1) is 16.4. The number of nitrogens with zero attached hydrogens (tertiary/aromatic N) is 5. The molecule has 0 aromatic heterocycles. The van der Waals surface area contributed by atoms with E-state index in [4.69, 9.17) is 21.2 Å². The van der Waals surface area contributed by atoms with E-state index in [2.05, 4.69) is 0 Å². The van der Waals surface area contributed by atoms with Crippen LogP contribution in [-0.4, -0.2) is 36.9 Å². The van der Waals surface area contributed by atoms with Crippen LogP contribution >= 0.6 is 0 Å². The maximum absolute atomic E-state index is 11.0. The van der Waals surface area contributed by atoms with E-state index in [1.165, 1.54) is 11.7 Å². The second-order valence-corrected chi connectivity index (χ2v) is 3.82. The number of hydrogen-bond donors (Lipinski definition) is 2. The van der Waals surface area contributed by atoms with Gasteiger partial charge in [-0.25, -0.2) is 10.4 Å². The van der Waals surface area contributed by atoms with Crippen molar-refractivity contribution in [1.82, 2.24) is 0 Å². The molecular formula is C11H7N5O6. The fraction of sp³-hybridized carbons (Fsp3) is 0.0909. The Labute approximate surface area is 121 Å². The van der Waals surface area contributed by atoms with Crippen LogP contribution in [0.2, 0.25) is 0 Å². The Hall–Kier alpha value is -3.68. The van der Waals surface area contributed by atoms with Crippen molar-refractivity contribution in [3.63, 3.8) is 0 Å². The molecule has 0 aliphatic heterocycles. The lowest BCUT2D eigenvalue weighted by Gasteiger charge is -2.07. The highest BCUT2D eigenvalue weighted by atomic mass is 16.6. The number of non-ortho nitro benzene ring substituents is 1. The van der Waals surface area contributed by atoms with Crippen LogP contribution in [-0.2, 0) is 0 Å². The minimum atomic E-state index is -1.69. The summed E-state index contributed by atoms with van der Waals surface area (Å²) in [5.74, 6) is 0.916. The number of rotatable bonds is 6. The molecule has 0 saturated carbocycles. The molecule has 1 aromatic rings. The molecule has 1 aromatic carbocycles. The van der Waals surface area contributed by atoms with Gasteiger partial charge in [0, 0.05) is 12.1 Å². The van der Waals surface area contributed by atoms with E-state index in [0.29, 0.717) is 0 Å². The summed E-state index contributed by atoms with van der Waals surface area (Å²) in [6.45, 7) is 0. The Balaban J connectivity index is 3.54. The number of benzene rings is 1. The molecule has 0 bridgehead atoms. The molecule has 0 fully saturated rings. The zero-order valence-electron chi connectivity index (χ0n) is 10.7. The molecule has 0 amide bonds. The van der Waals surface area contributed by atoms with Crippen molar-refractivity contribution in [2.45, 2.75) is 5.92 Å². The molecule has 112 valence electrons. The van der Waals surface area contributed by atoms with Gasteiger partial charge in [-0.05, 0) is 5.56 Å². The van der Waals surface area contributed by atoms with Crippen molar-refractivity contribution in [2.75, 3.05) is 0 Å². The lowest BCUT2D eigenvalue weighted by molar-refractivity contribution is -0.769. The van der Waals surface area contributed by atoms with Crippen molar-refractivity contribution in [1.29, 1.82) is 0 Å². The van der Waals surface area contributed by atoms with Crippen molar-refractivity contribution in [2.24, 2.45) is 0 Å². The highest BCUT2D eigenvalue weighted by Gasteiger charge is 2.41. The van der Waals surface area contributed by atoms with Crippen LogP contribution in [0.5, 0.6) is 0 Å². The normalized spacial score (nSPS) is 10.7. The van der Waals surface area contributed by atoms with E-state index in [9.17, 15) is 19.9 Å². The molecule has 11 nitrogen and oxygen atoms in total. The van der Waals surface area contributed by atoms with Crippen LogP contribution in [0.25, 0.3) is 10.8 Å². The highest BCUT2D eigenvalue weighted by Crippen LogP contribution is 2.30. The number of nitro groups is 1. The molecular weight excluding hydrogens is 298 g/mol. The summed E-state index contributed by atoms with van der Waals surface area (Å²) < 4.78 is 0. The van der Waals surface area contributed by atoms with Crippen LogP contribution in [0.3, 0.4) is 0 Å². The van der Waals surface area contributed by atoms with E-state index in [1.54, 1.807) is 0 Å². The molecule has 0 unspecified atom stereocenters. The average molecular weight is 305 g/mol. The summed E-state index contributed by atoms with van der Waals surface area (Å²) in [4.78, 5) is 30.1. The molecule has 0 aliphatic carbocycles. The van der Waals surface area contributed by atoms with Crippen molar-refractivity contribution in [3.8, 4) is 0 Å². The van der Waals surface area contributed by atoms with E-state index in [-0.39, 0.29) is 11.3 Å². The van der Waals surface area contributed by atoms with Crippen molar-refractivity contribution in [3.05, 3.63) is 72.0 Å². The third kappa shape index (κ3) is 3.25. The minimum absolute atomic E-state index is 0.0662. The van der Waals surface area contributed by atoms with Crippen LogP contribution < -0.4 is 0 Å². The third-order valence-electron chi connectivity index (χ3n) is 2.63. The SMILES string of the molecule is [N-]=C=C(C(C(=C=[N-])[N+](=O)O)c1ccc([N+](=O)[O-])cc1)[N+](=O)O. The number of nitro benzene ring substituents is 1. The zero-order chi connectivity index (χ0) is 16.9. The zero-order valence-corrected chi connectivity index (χ0v) is 10.7. The molecule has 0 radical (unpaired) electrons. The summed E-state index contributed by atoms with van der Waals surface area (Å²) in [6, 6.07) is 4.16. The van der Waals surface area contributed by atoms with Gasteiger partial charge in [0.25, 0.3) is 15.5 Å². The van der Waals surface area contributed by atoms with E-state index in [1.807, 2.05) is 0 Å². The van der Waals surface area contributed by atoms with E-state index in [0.717, 1.165) is 24.3 Å². The summed E-state index contributed by atoms with van der Waals surface area (Å²) in [5.41, 5.74) is -2.32. The summed E-state index contributed by atoms with van der Waals surface area (Å²) in [6.07, 6.45) is 0. The molecule has 0 aliphatic rings. The predicted molar refractivity (Wildman–Crippen MR) is 70.4 cm³/mol. The summed E-state index contributed by atoms with van der Waals surface area (Å²) in [7, 11) is 0. The van der Waals surface area contributed by atoms with Gasteiger partial charge in [0.05, 0.1) is 14.7 Å². The molecule has 0 saturated heterocycles. The smallest absolute Gasteiger partial charge is 0.331 e. The van der Waals surface area contributed by atoms with Gasteiger partial charge in [0.1, 0.15) is 0 Å². The second-order valence-electron chi connectivity index (χ2n) is 3.82. The quantitative estimate of drug-likeness (QED) is 0.455. The average Bonchev–Trinajstić information content (AvgIpc) is 2.46. The highest BCUT2D eigenvalue weighted by molar-refractivity contribution is 5.68. The first-order valence-electron chi connectivity index (χ1n) is 5.44. The first-order chi connectivity index (χ1) is 10.3. The molecule has 2 N–H and O–H groups in total. The first-order valence-corrected chi connectivity index (χ1v) is 5.44. The van der Waals surface area contributed by atoms with Gasteiger partial charge in [0.2, 0.25) is 0 Å². The Bertz CT molecular complexity index is 707. The van der Waals surface area contributed by atoms with Gasteiger partial charge < -0.3 is 10.8 Å². The lowest BCUT2D eigenvalue weighted by atomic mass is 9.93. The third-order valence-corrected chi connectivity index (χ3v) is 2.63. The Kier molecular flexibility index (Phi) is 4.96. The van der Waals surface area contributed by atoms with Gasteiger partial charge in [-0.2, -0.15) is 11.7 Å². The van der Waals surface area contributed by atoms with Crippen molar-refractivity contribution >= 4 is 17.4 Å². The van der Waals surface area contributed by atoms with Crippen LogP contribution in [0.1, 0.15) is 11.5 Å². The predicted octanol–water partition coefficient (Wildman–Crippen LogP) is 1.26. The van der Waals surface area contributed by atoms with E-state index < -0.39 is 32.1 Å². The molecule has 0 spiro atoms. The van der Waals surface area contributed by atoms with Gasteiger partial charge in [0.15, 0.2) is 5.92 Å². The monoisotopic (exact) mass is 305 g/mol. The molecule has 1 rings (SSSR count). The largest absolute Gasteiger partial charge is 0.758 e. The fourth-order valence-corrected chi connectivity index (χ4v) is 1.67. The summed E-state index contributed by atoms with van der Waals surface area (Å²) >= 11 is 0. The van der Waals surface area contributed by atoms with Gasteiger partial charge in [-0.15, -0.1) is 0 Å². The molecule has 11 heteroatoms.